The first-order valence-electron chi connectivity index (χ1n) is 11.6. The molecule has 1 aromatic carbocycles. The van der Waals surface area contributed by atoms with Gasteiger partial charge in [-0.2, -0.15) is 0 Å². The molecular formula is C24H30N4O4. The van der Waals surface area contributed by atoms with Gasteiger partial charge in [0.2, 0.25) is 5.89 Å². The van der Waals surface area contributed by atoms with Gasteiger partial charge in [0, 0.05) is 17.6 Å². The fourth-order valence-electron chi connectivity index (χ4n) is 6.23. The number of nitrogens with zero attached hydrogens (tertiary/aromatic N) is 2. The molecule has 1 atom stereocenters. The molecule has 1 aromatic heterocycles. The molecule has 2 aromatic rings. The van der Waals surface area contributed by atoms with Crippen LogP contribution in [0, 0.1) is 17.8 Å². The lowest BCUT2D eigenvalue weighted by atomic mass is 9.53. The number of carbonyl (C=O) groups is 2. The summed E-state index contributed by atoms with van der Waals surface area (Å²) in [6, 6.07) is 9.23. The highest BCUT2D eigenvalue weighted by atomic mass is 16.6. The molecule has 4 fully saturated rings. The van der Waals surface area contributed by atoms with E-state index in [1.54, 1.807) is 6.92 Å². The maximum atomic E-state index is 12.5. The molecule has 6 rings (SSSR count). The molecule has 2 amide bonds. The zero-order valence-electron chi connectivity index (χ0n) is 18.4. The van der Waals surface area contributed by atoms with Crippen LogP contribution in [0.2, 0.25) is 0 Å². The highest BCUT2D eigenvalue weighted by Gasteiger charge is 2.51. The first kappa shape index (κ1) is 21.0. The number of ether oxygens (including phenoxy) is 1. The van der Waals surface area contributed by atoms with Crippen LogP contribution in [0.4, 0.5) is 4.79 Å². The summed E-state index contributed by atoms with van der Waals surface area (Å²) in [6.45, 7) is 1.91. The number of hydrogen-bond donors (Lipinski definition) is 2. The SMILES string of the molecule is C[C@H](OC(=O)CCNC(=O)NC12CC3CC(CC(C3)C1)C2)c1nnc(-c2ccccc2)o1. The lowest BCUT2D eigenvalue weighted by Gasteiger charge is -2.56. The van der Waals surface area contributed by atoms with E-state index in [0.29, 0.717) is 5.89 Å². The van der Waals surface area contributed by atoms with Crippen LogP contribution in [0.15, 0.2) is 34.7 Å². The minimum Gasteiger partial charge on any atom is -0.453 e. The van der Waals surface area contributed by atoms with Crippen LogP contribution in [-0.2, 0) is 9.53 Å². The molecule has 8 heteroatoms. The summed E-state index contributed by atoms with van der Waals surface area (Å²) in [5.74, 6) is 2.50. The topological polar surface area (TPSA) is 106 Å². The van der Waals surface area contributed by atoms with Crippen molar-refractivity contribution in [2.45, 2.75) is 63.5 Å². The summed E-state index contributed by atoms with van der Waals surface area (Å²) in [5.41, 5.74) is 0.765. The molecule has 0 unspecified atom stereocenters. The summed E-state index contributed by atoms with van der Waals surface area (Å²) in [6.07, 6.45) is 6.72. The van der Waals surface area contributed by atoms with Gasteiger partial charge in [0.05, 0.1) is 6.42 Å². The van der Waals surface area contributed by atoms with E-state index in [-0.39, 0.29) is 30.4 Å². The number of hydrogen-bond acceptors (Lipinski definition) is 6. The second-order valence-electron chi connectivity index (χ2n) is 9.77. The van der Waals surface area contributed by atoms with E-state index in [0.717, 1.165) is 42.6 Å². The van der Waals surface area contributed by atoms with Crippen molar-refractivity contribution >= 4 is 12.0 Å². The second-order valence-corrected chi connectivity index (χ2v) is 9.77. The third-order valence-corrected chi connectivity index (χ3v) is 7.15. The number of benzene rings is 1. The summed E-state index contributed by atoms with van der Waals surface area (Å²) in [7, 11) is 0. The molecule has 4 aliphatic carbocycles. The minimum absolute atomic E-state index is 0.0394. The lowest BCUT2D eigenvalue weighted by Crippen LogP contribution is -2.61. The molecule has 8 nitrogen and oxygen atoms in total. The maximum absolute atomic E-state index is 12.5. The summed E-state index contributed by atoms with van der Waals surface area (Å²) >= 11 is 0. The number of urea groups is 1. The van der Waals surface area contributed by atoms with Crippen LogP contribution in [-0.4, -0.2) is 34.3 Å². The molecule has 170 valence electrons. The average Bonchev–Trinajstić information content (AvgIpc) is 3.23. The van der Waals surface area contributed by atoms with Crippen LogP contribution in [0.1, 0.15) is 63.9 Å². The summed E-state index contributed by atoms with van der Waals surface area (Å²) in [4.78, 5) is 24.7. The normalized spacial score (nSPS) is 28.8. The van der Waals surface area contributed by atoms with Gasteiger partial charge in [0.1, 0.15) is 0 Å². The van der Waals surface area contributed by atoms with Crippen LogP contribution < -0.4 is 10.6 Å². The Morgan fingerprint density at radius 1 is 1.09 bits per heavy atom. The molecule has 0 spiro atoms. The third kappa shape index (κ3) is 4.49. The molecule has 0 saturated heterocycles. The van der Waals surface area contributed by atoms with Crippen molar-refractivity contribution in [2.75, 3.05) is 6.54 Å². The third-order valence-electron chi connectivity index (χ3n) is 7.15. The van der Waals surface area contributed by atoms with Gasteiger partial charge in [-0.05, 0) is 75.3 Å². The molecule has 32 heavy (non-hydrogen) atoms. The van der Waals surface area contributed by atoms with Gasteiger partial charge in [-0.3, -0.25) is 4.79 Å². The molecule has 4 aliphatic rings. The molecule has 1 heterocycles. The zero-order valence-corrected chi connectivity index (χ0v) is 18.4. The van der Waals surface area contributed by atoms with Crippen molar-refractivity contribution in [1.82, 2.24) is 20.8 Å². The number of nitrogens with one attached hydrogen (secondary N) is 2. The smallest absolute Gasteiger partial charge is 0.315 e. The van der Waals surface area contributed by atoms with Crippen LogP contribution in [0.25, 0.3) is 11.5 Å². The molecule has 2 N–H and O–H groups in total. The molecule has 4 bridgehead atoms. The number of rotatable bonds is 7. The van der Waals surface area contributed by atoms with E-state index in [1.807, 2.05) is 30.3 Å². The first-order valence-corrected chi connectivity index (χ1v) is 11.6. The second kappa shape index (κ2) is 8.56. The molecule has 0 radical (unpaired) electrons. The Labute approximate surface area is 187 Å². The van der Waals surface area contributed by atoms with Gasteiger partial charge in [0.25, 0.3) is 5.89 Å². The van der Waals surface area contributed by atoms with Gasteiger partial charge in [-0.25, -0.2) is 4.79 Å². The summed E-state index contributed by atoms with van der Waals surface area (Å²) < 4.78 is 11.0. The van der Waals surface area contributed by atoms with Crippen molar-refractivity contribution in [3.05, 3.63) is 36.2 Å². The Balaban J connectivity index is 1.06. The van der Waals surface area contributed by atoms with Crippen molar-refractivity contribution in [1.29, 1.82) is 0 Å². The summed E-state index contributed by atoms with van der Waals surface area (Å²) in [5, 5.41) is 14.1. The van der Waals surface area contributed by atoms with Crippen molar-refractivity contribution < 1.29 is 18.7 Å². The minimum atomic E-state index is -0.659. The lowest BCUT2D eigenvalue weighted by molar-refractivity contribution is -0.149. The average molecular weight is 439 g/mol. The van der Waals surface area contributed by atoms with Gasteiger partial charge in [0.15, 0.2) is 6.10 Å². The van der Waals surface area contributed by atoms with E-state index in [4.69, 9.17) is 9.15 Å². The highest BCUT2D eigenvalue weighted by Crippen LogP contribution is 2.55. The molecular weight excluding hydrogens is 408 g/mol. The van der Waals surface area contributed by atoms with E-state index in [2.05, 4.69) is 20.8 Å². The number of carbonyl (C=O) groups excluding carboxylic acids is 2. The largest absolute Gasteiger partial charge is 0.453 e. The van der Waals surface area contributed by atoms with Gasteiger partial charge < -0.3 is 19.8 Å². The Morgan fingerprint density at radius 3 is 2.41 bits per heavy atom. The highest BCUT2D eigenvalue weighted by molar-refractivity contribution is 5.76. The van der Waals surface area contributed by atoms with E-state index >= 15 is 0 Å². The van der Waals surface area contributed by atoms with Crippen LogP contribution in [0.5, 0.6) is 0 Å². The number of amides is 2. The molecule has 4 saturated carbocycles. The fourth-order valence-corrected chi connectivity index (χ4v) is 6.23. The maximum Gasteiger partial charge on any atom is 0.315 e. The van der Waals surface area contributed by atoms with Crippen molar-refractivity contribution in [3.8, 4) is 11.5 Å². The monoisotopic (exact) mass is 438 g/mol. The van der Waals surface area contributed by atoms with Gasteiger partial charge in [-0.1, -0.05) is 18.2 Å². The molecule has 0 aliphatic heterocycles. The van der Waals surface area contributed by atoms with Crippen LogP contribution in [0.3, 0.4) is 0 Å². The number of esters is 1. The Bertz CT molecular complexity index is 938. The zero-order chi connectivity index (χ0) is 22.1. The Morgan fingerprint density at radius 2 is 1.75 bits per heavy atom. The van der Waals surface area contributed by atoms with Crippen LogP contribution >= 0.6 is 0 Å². The quantitative estimate of drug-likeness (QED) is 0.633. The predicted molar refractivity (Wildman–Crippen MR) is 116 cm³/mol. The van der Waals surface area contributed by atoms with Crippen molar-refractivity contribution in [2.24, 2.45) is 17.8 Å². The van der Waals surface area contributed by atoms with E-state index in [9.17, 15) is 9.59 Å². The van der Waals surface area contributed by atoms with Gasteiger partial charge in [-0.15, -0.1) is 10.2 Å². The Hall–Kier alpha value is -2.90. The number of aromatic nitrogens is 2. The Kier molecular flexibility index (Phi) is 5.61. The standard InChI is InChI=1S/C24H30N4O4/c1-15(21-27-28-22(32-21)19-5-3-2-4-6-19)31-20(29)7-8-25-23(30)26-24-12-16-9-17(13-24)11-18(10-16)14-24/h2-6,15-18H,7-14H2,1H3,(H2,25,26,30)/t15-,16?,17?,18?,24?/m0/s1. The van der Waals surface area contributed by atoms with E-state index in [1.165, 1.54) is 19.3 Å². The van der Waals surface area contributed by atoms with Gasteiger partial charge >= 0.3 is 12.0 Å². The predicted octanol–water partition coefficient (Wildman–Crippen LogP) is 4.00. The van der Waals surface area contributed by atoms with E-state index < -0.39 is 12.1 Å². The first-order chi connectivity index (χ1) is 15.5. The fraction of sp³-hybridized carbons (Fsp3) is 0.583. The van der Waals surface area contributed by atoms with Crippen molar-refractivity contribution in [3.63, 3.8) is 0 Å².